The van der Waals surface area contributed by atoms with E-state index in [2.05, 4.69) is 20.5 Å². The largest absolute Gasteiger partial charge is 0.493 e. The van der Waals surface area contributed by atoms with Gasteiger partial charge in [0.15, 0.2) is 11.5 Å². The maximum absolute atomic E-state index is 12.2. The lowest BCUT2D eigenvalue weighted by Gasteiger charge is -2.09. The number of pyridine rings is 1. The molecule has 1 N–H and O–H groups in total. The highest BCUT2D eigenvalue weighted by molar-refractivity contribution is 5.91. The van der Waals surface area contributed by atoms with Crippen molar-refractivity contribution in [2.24, 2.45) is 5.10 Å². The second-order valence-electron chi connectivity index (χ2n) is 6.70. The first-order chi connectivity index (χ1) is 15.6. The van der Waals surface area contributed by atoms with E-state index in [1.54, 1.807) is 47.4 Å². The molecule has 0 aliphatic heterocycles. The number of ether oxygens (including phenoxy) is 2. The molecule has 0 fully saturated rings. The number of para-hydroxylation sites is 2. The lowest BCUT2D eigenvalue weighted by molar-refractivity contribution is -0.121. The highest BCUT2D eigenvalue weighted by Gasteiger charge is 2.13. The molecule has 0 unspecified atom stereocenters. The first kappa shape index (κ1) is 20.7. The van der Waals surface area contributed by atoms with Gasteiger partial charge >= 0.3 is 5.97 Å². The molecular weight excluding hydrogens is 410 g/mol. The maximum atomic E-state index is 12.2. The van der Waals surface area contributed by atoms with Crippen LogP contribution in [0, 0.1) is 0 Å². The molecule has 0 radical (unpaired) electrons. The second-order valence-corrected chi connectivity index (χ2v) is 6.70. The van der Waals surface area contributed by atoms with Crippen LogP contribution in [0.25, 0.3) is 11.0 Å². The Hall–Kier alpha value is -4.53. The molecule has 9 heteroatoms. The zero-order valence-corrected chi connectivity index (χ0v) is 17.1. The van der Waals surface area contributed by atoms with Gasteiger partial charge in [-0.05, 0) is 48.0 Å². The Morgan fingerprint density at radius 3 is 2.81 bits per heavy atom. The number of aromatic nitrogens is 3. The van der Waals surface area contributed by atoms with E-state index in [1.165, 1.54) is 19.5 Å². The van der Waals surface area contributed by atoms with E-state index >= 15 is 0 Å². The molecule has 2 aromatic heterocycles. The number of hydrogen-bond donors (Lipinski definition) is 1. The number of carbonyl (C=O) groups is 2. The third kappa shape index (κ3) is 4.78. The molecule has 32 heavy (non-hydrogen) atoms. The standard InChI is InChI=1S/C23H19N5O4/c1-31-21-11-16(8-9-20(21)32-23(30)17-5-4-10-24-13-17)12-26-27-22(29)14-28-15-25-18-6-2-3-7-19(18)28/h2-13,15H,14H2,1H3,(H,27,29)/b26-12+. The van der Waals surface area contributed by atoms with Crippen molar-refractivity contribution in [3.05, 3.63) is 84.4 Å². The molecule has 4 rings (SSSR count). The molecule has 0 aliphatic carbocycles. The molecule has 0 saturated heterocycles. The van der Waals surface area contributed by atoms with Gasteiger partial charge < -0.3 is 14.0 Å². The first-order valence-corrected chi connectivity index (χ1v) is 9.66. The summed E-state index contributed by atoms with van der Waals surface area (Å²) in [4.78, 5) is 32.6. The maximum Gasteiger partial charge on any atom is 0.345 e. The van der Waals surface area contributed by atoms with Gasteiger partial charge in [-0.25, -0.2) is 15.2 Å². The van der Waals surface area contributed by atoms with E-state index in [1.807, 2.05) is 24.3 Å². The Morgan fingerprint density at radius 1 is 1.12 bits per heavy atom. The molecule has 9 nitrogen and oxygen atoms in total. The summed E-state index contributed by atoms with van der Waals surface area (Å²) in [5.41, 5.74) is 5.15. The summed E-state index contributed by atoms with van der Waals surface area (Å²) in [7, 11) is 1.47. The number of fused-ring (bicyclic) bond motifs is 1. The topological polar surface area (TPSA) is 108 Å². The number of hydrazone groups is 1. The van der Waals surface area contributed by atoms with Crippen molar-refractivity contribution in [1.29, 1.82) is 0 Å². The number of amides is 1. The molecule has 0 spiro atoms. The van der Waals surface area contributed by atoms with Crippen molar-refractivity contribution in [3.63, 3.8) is 0 Å². The van der Waals surface area contributed by atoms with Gasteiger partial charge in [0.2, 0.25) is 0 Å². The van der Waals surface area contributed by atoms with Gasteiger partial charge in [-0.15, -0.1) is 0 Å². The van der Waals surface area contributed by atoms with Gasteiger partial charge in [0, 0.05) is 12.4 Å². The number of nitrogens with one attached hydrogen (secondary N) is 1. The van der Waals surface area contributed by atoms with Crippen molar-refractivity contribution >= 4 is 29.1 Å². The third-order valence-corrected chi connectivity index (χ3v) is 4.53. The fourth-order valence-electron chi connectivity index (χ4n) is 3.00. The van der Waals surface area contributed by atoms with Crippen LogP contribution >= 0.6 is 0 Å². The summed E-state index contributed by atoms with van der Waals surface area (Å²) in [6.07, 6.45) is 6.08. The zero-order chi connectivity index (χ0) is 22.3. The average molecular weight is 429 g/mol. The fraction of sp³-hybridized carbons (Fsp3) is 0.0870. The van der Waals surface area contributed by atoms with Crippen molar-refractivity contribution < 1.29 is 19.1 Å². The molecular formula is C23H19N5O4. The third-order valence-electron chi connectivity index (χ3n) is 4.53. The minimum Gasteiger partial charge on any atom is -0.493 e. The van der Waals surface area contributed by atoms with Crippen LogP contribution in [0.1, 0.15) is 15.9 Å². The van der Waals surface area contributed by atoms with E-state index in [0.29, 0.717) is 16.9 Å². The van der Waals surface area contributed by atoms with Crippen LogP contribution in [0.4, 0.5) is 0 Å². The SMILES string of the molecule is COc1cc(/C=N/NC(=O)Cn2cnc3ccccc32)ccc1OC(=O)c1cccnc1. The lowest BCUT2D eigenvalue weighted by Crippen LogP contribution is -2.22. The number of benzene rings is 2. The Labute approximate surface area is 183 Å². The molecule has 4 aromatic rings. The molecule has 2 heterocycles. The molecule has 0 saturated carbocycles. The smallest absolute Gasteiger partial charge is 0.345 e. The minimum atomic E-state index is -0.544. The summed E-state index contributed by atoms with van der Waals surface area (Å²) < 4.78 is 12.4. The number of esters is 1. The molecule has 160 valence electrons. The Morgan fingerprint density at radius 2 is 2.00 bits per heavy atom. The normalized spacial score (nSPS) is 10.9. The van der Waals surface area contributed by atoms with Crippen molar-refractivity contribution in [2.75, 3.05) is 7.11 Å². The number of imidazole rings is 1. The summed E-state index contributed by atoms with van der Waals surface area (Å²) in [5.74, 6) is -0.229. The highest BCUT2D eigenvalue weighted by atomic mass is 16.6. The fourth-order valence-corrected chi connectivity index (χ4v) is 3.00. The predicted molar refractivity (Wildman–Crippen MR) is 118 cm³/mol. The summed E-state index contributed by atoms with van der Waals surface area (Å²) in [6.45, 7) is 0.0877. The van der Waals surface area contributed by atoms with Crippen LogP contribution in [0.2, 0.25) is 0 Å². The second kappa shape index (κ2) is 9.52. The van der Waals surface area contributed by atoms with Crippen LogP contribution in [-0.4, -0.2) is 39.7 Å². The van der Waals surface area contributed by atoms with E-state index in [4.69, 9.17) is 9.47 Å². The van der Waals surface area contributed by atoms with Gasteiger partial charge in [0.25, 0.3) is 5.91 Å². The number of nitrogens with zero attached hydrogens (tertiary/aromatic N) is 4. The van der Waals surface area contributed by atoms with E-state index in [0.717, 1.165) is 11.0 Å². The highest BCUT2D eigenvalue weighted by Crippen LogP contribution is 2.28. The summed E-state index contributed by atoms with van der Waals surface area (Å²) in [5, 5.41) is 3.99. The summed E-state index contributed by atoms with van der Waals surface area (Å²) in [6, 6.07) is 15.7. The van der Waals surface area contributed by atoms with Crippen LogP contribution in [0.5, 0.6) is 11.5 Å². The van der Waals surface area contributed by atoms with E-state index in [-0.39, 0.29) is 18.2 Å². The van der Waals surface area contributed by atoms with Gasteiger partial charge in [0.1, 0.15) is 6.54 Å². The molecule has 0 aliphatic rings. The van der Waals surface area contributed by atoms with Gasteiger partial charge in [-0.3, -0.25) is 9.78 Å². The number of methoxy groups -OCH3 is 1. The lowest BCUT2D eigenvalue weighted by atomic mass is 10.2. The van der Waals surface area contributed by atoms with E-state index in [9.17, 15) is 9.59 Å². The number of carbonyl (C=O) groups excluding carboxylic acids is 2. The average Bonchev–Trinajstić information content (AvgIpc) is 3.23. The molecule has 0 bridgehead atoms. The van der Waals surface area contributed by atoms with Crippen molar-refractivity contribution in [2.45, 2.75) is 6.54 Å². The molecule has 1 amide bonds. The van der Waals surface area contributed by atoms with Gasteiger partial charge in [-0.1, -0.05) is 12.1 Å². The van der Waals surface area contributed by atoms with Crippen LogP contribution in [0.15, 0.2) is 78.4 Å². The Bertz CT molecular complexity index is 1280. The molecule has 0 atom stereocenters. The summed E-state index contributed by atoms with van der Waals surface area (Å²) >= 11 is 0. The number of hydrogen-bond acceptors (Lipinski definition) is 7. The van der Waals surface area contributed by atoms with Gasteiger partial charge in [-0.2, -0.15) is 5.10 Å². The van der Waals surface area contributed by atoms with Crippen molar-refractivity contribution in [1.82, 2.24) is 20.0 Å². The van der Waals surface area contributed by atoms with E-state index < -0.39 is 5.97 Å². The predicted octanol–water partition coefficient (Wildman–Crippen LogP) is 2.81. The van der Waals surface area contributed by atoms with Crippen LogP contribution in [-0.2, 0) is 11.3 Å². The Balaban J connectivity index is 1.38. The van der Waals surface area contributed by atoms with Gasteiger partial charge in [0.05, 0.1) is 36.2 Å². The first-order valence-electron chi connectivity index (χ1n) is 9.66. The van der Waals surface area contributed by atoms with Crippen LogP contribution < -0.4 is 14.9 Å². The zero-order valence-electron chi connectivity index (χ0n) is 17.1. The van der Waals surface area contributed by atoms with Crippen molar-refractivity contribution in [3.8, 4) is 11.5 Å². The quantitative estimate of drug-likeness (QED) is 0.209. The Kier molecular flexibility index (Phi) is 6.17. The number of rotatable bonds is 7. The monoisotopic (exact) mass is 429 g/mol. The molecule has 2 aromatic carbocycles. The minimum absolute atomic E-state index is 0.0877. The van der Waals surface area contributed by atoms with Crippen LogP contribution in [0.3, 0.4) is 0 Å².